The molecule has 92 valence electrons. The van der Waals surface area contributed by atoms with Crippen molar-refractivity contribution in [1.29, 1.82) is 0 Å². The van der Waals surface area contributed by atoms with Gasteiger partial charge in [0.2, 0.25) is 0 Å². The van der Waals surface area contributed by atoms with E-state index in [2.05, 4.69) is 6.58 Å². The van der Waals surface area contributed by atoms with E-state index in [9.17, 15) is 14.4 Å². The second-order valence-electron chi connectivity index (χ2n) is 3.13. The monoisotopic (exact) mass is 245 g/mol. The molecule has 1 N–H and O–H groups in total. The Kier molecular flexibility index (Phi) is 5.05. The first-order chi connectivity index (χ1) is 8.61. The fraction of sp³-hybridized carbons (Fsp3) is 0. The van der Waals surface area contributed by atoms with Gasteiger partial charge in [-0.25, -0.2) is 4.79 Å². The van der Waals surface area contributed by atoms with E-state index in [1.165, 1.54) is 12.2 Å². The second kappa shape index (κ2) is 6.80. The van der Waals surface area contributed by atoms with Crippen LogP contribution in [0.4, 0.5) is 0 Å². The van der Waals surface area contributed by atoms with Crippen molar-refractivity contribution in [1.82, 2.24) is 5.32 Å². The van der Waals surface area contributed by atoms with E-state index in [1.807, 2.05) is 11.4 Å². The van der Waals surface area contributed by atoms with E-state index in [-0.39, 0.29) is 11.8 Å². The molecule has 18 heavy (non-hydrogen) atoms. The van der Waals surface area contributed by atoms with E-state index in [1.54, 1.807) is 24.3 Å². The molecule has 0 saturated heterocycles. The third-order valence-corrected chi connectivity index (χ3v) is 1.76. The third-order valence-electron chi connectivity index (χ3n) is 1.76. The van der Waals surface area contributed by atoms with Gasteiger partial charge < -0.3 is 4.74 Å². The maximum atomic E-state index is 10.6. The van der Waals surface area contributed by atoms with Crippen molar-refractivity contribution in [3.63, 3.8) is 0 Å². The topological polar surface area (TPSA) is 72.5 Å². The Bertz CT molecular complexity index is 475. The van der Waals surface area contributed by atoms with Crippen LogP contribution in [0, 0.1) is 0 Å². The van der Waals surface area contributed by atoms with Gasteiger partial charge in [0.25, 0.3) is 11.8 Å². The number of imide groups is 1. The molecule has 0 saturated carbocycles. The number of hydrogen-bond acceptors (Lipinski definition) is 4. The lowest BCUT2D eigenvalue weighted by Crippen LogP contribution is -2.19. The molecular formula is C13H11NO4. The molecule has 0 aromatic heterocycles. The summed E-state index contributed by atoms with van der Waals surface area (Å²) in [4.78, 5) is 30.7. The molecule has 5 nitrogen and oxygen atoms in total. The van der Waals surface area contributed by atoms with E-state index >= 15 is 0 Å². The minimum atomic E-state index is -0.434. The fourth-order valence-corrected chi connectivity index (χ4v) is 1.00. The maximum absolute atomic E-state index is 10.6. The summed E-state index contributed by atoms with van der Waals surface area (Å²) in [5, 5.41) is 2.03. The average Bonchev–Trinajstić information content (AvgIpc) is 2.75. The molecule has 1 heterocycles. The number of amides is 2. The van der Waals surface area contributed by atoms with Gasteiger partial charge in [0.05, 0.1) is 0 Å². The van der Waals surface area contributed by atoms with Gasteiger partial charge in [-0.1, -0.05) is 24.8 Å². The Labute approximate surface area is 104 Å². The van der Waals surface area contributed by atoms with Crippen LogP contribution in [0.5, 0.6) is 5.75 Å². The Balaban J connectivity index is 0.000000199. The van der Waals surface area contributed by atoms with Gasteiger partial charge in [0.1, 0.15) is 5.75 Å². The largest absolute Gasteiger partial charge is 0.423 e. The number of esters is 1. The zero-order valence-electron chi connectivity index (χ0n) is 9.46. The number of rotatable bonds is 2. The van der Waals surface area contributed by atoms with Crippen molar-refractivity contribution >= 4 is 17.8 Å². The lowest BCUT2D eigenvalue weighted by Gasteiger charge is -1.98. The Morgan fingerprint density at radius 3 is 2.06 bits per heavy atom. The van der Waals surface area contributed by atoms with E-state index in [4.69, 9.17) is 4.74 Å². The number of carbonyl (C=O) groups is 3. The van der Waals surface area contributed by atoms with Crippen LogP contribution in [-0.2, 0) is 14.4 Å². The maximum Gasteiger partial charge on any atom is 0.335 e. The van der Waals surface area contributed by atoms with Crippen molar-refractivity contribution in [2.45, 2.75) is 0 Å². The fourth-order valence-electron chi connectivity index (χ4n) is 1.00. The molecule has 0 bridgehead atoms. The minimum absolute atomic E-state index is 0.329. The molecular weight excluding hydrogens is 234 g/mol. The van der Waals surface area contributed by atoms with Crippen molar-refractivity contribution in [2.24, 2.45) is 0 Å². The minimum Gasteiger partial charge on any atom is -0.423 e. The van der Waals surface area contributed by atoms with E-state index in [0.29, 0.717) is 5.75 Å². The van der Waals surface area contributed by atoms with E-state index in [0.717, 1.165) is 6.08 Å². The third kappa shape index (κ3) is 4.89. The SMILES string of the molecule is C=CC(=O)Oc1ccccc1.O=C1C=CC(=O)N1. The molecule has 2 amide bonds. The van der Waals surface area contributed by atoms with Gasteiger partial charge in [0.15, 0.2) is 0 Å². The Morgan fingerprint density at radius 2 is 1.67 bits per heavy atom. The van der Waals surface area contributed by atoms with Crippen molar-refractivity contribution in [3.8, 4) is 5.75 Å². The molecule has 0 spiro atoms. The van der Waals surface area contributed by atoms with Gasteiger partial charge in [-0.15, -0.1) is 0 Å². The predicted molar refractivity (Wildman–Crippen MR) is 64.6 cm³/mol. The Hall–Kier alpha value is -2.69. The lowest BCUT2D eigenvalue weighted by molar-refractivity contribution is -0.129. The zero-order valence-corrected chi connectivity index (χ0v) is 9.46. The molecule has 0 fully saturated rings. The molecule has 0 radical (unpaired) electrons. The van der Waals surface area contributed by atoms with Crippen LogP contribution < -0.4 is 10.1 Å². The molecule has 1 aromatic rings. The molecule has 0 atom stereocenters. The summed E-state index contributed by atoms with van der Waals surface area (Å²) in [6, 6.07) is 8.87. The Morgan fingerprint density at radius 1 is 1.11 bits per heavy atom. The summed E-state index contributed by atoms with van der Waals surface area (Å²) < 4.78 is 4.81. The molecule has 5 heteroatoms. The van der Waals surface area contributed by atoms with Crippen LogP contribution in [0.25, 0.3) is 0 Å². The second-order valence-corrected chi connectivity index (χ2v) is 3.13. The number of hydrogen-bond donors (Lipinski definition) is 1. The van der Waals surface area contributed by atoms with Gasteiger partial charge in [-0.2, -0.15) is 0 Å². The van der Waals surface area contributed by atoms with Gasteiger partial charge in [-0.3, -0.25) is 14.9 Å². The number of nitrogens with one attached hydrogen (secondary N) is 1. The normalized spacial score (nSPS) is 12.2. The average molecular weight is 245 g/mol. The quantitative estimate of drug-likeness (QED) is 0.365. The van der Waals surface area contributed by atoms with Gasteiger partial charge >= 0.3 is 5.97 Å². The molecule has 0 unspecified atom stereocenters. The van der Waals surface area contributed by atoms with E-state index < -0.39 is 5.97 Å². The number of benzene rings is 1. The number of ether oxygens (including phenoxy) is 1. The van der Waals surface area contributed by atoms with Crippen LogP contribution in [0.15, 0.2) is 55.1 Å². The first-order valence-electron chi connectivity index (χ1n) is 5.04. The van der Waals surface area contributed by atoms with Crippen LogP contribution >= 0.6 is 0 Å². The number of carbonyl (C=O) groups excluding carboxylic acids is 3. The summed E-state index contributed by atoms with van der Waals surface area (Å²) in [6.45, 7) is 3.28. The summed E-state index contributed by atoms with van der Waals surface area (Å²) >= 11 is 0. The molecule has 1 aliphatic heterocycles. The first kappa shape index (κ1) is 13.4. The molecule has 0 aliphatic carbocycles. The smallest absolute Gasteiger partial charge is 0.335 e. The van der Waals surface area contributed by atoms with Crippen LogP contribution in [-0.4, -0.2) is 17.8 Å². The van der Waals surface area contributed by atoms with Crippen molar-refractivity contribution in [3.05, 3.63) is 55.1 Å². The standard InChI is InChI=1S/C9H8O2.C4H3NO2/c1-2-9(10)11-8-6-4-3-5-7-8;6-3-1-2-4(7)5-3/h2-7H,1H2;1-2H,(H,5,6,7). The van der Waals surface area contributed by atoms with Crippen LogP contribution in [0.2, 0.25) is 0 Å². The highest BCUT2D eigenvalue weighted by molar-refractivity contribution is 6.12. The first-order valence-corrected chi connectivity index (χ1v) is 5.04. The van der Waals surface area contributed by atoms with Gasteiger partial charge in [0, 0.05) is 18.2 Å². The highest BCUT2D eigenvalue weighted by Gasteiger charge is 2.06. The summed E-state index contributed by atoms with van der Waals surface area (Å²) in [5.41, 5.74) is 0. The lowest BCUT2D eigenvalue weighted by atomic mass is 10.3. The highest BCUT2D eigenvalue weighted by atomic mass is 16.5. The molecule has 1 aliphatic rings. The van der Waals surface area contributed by atoms with Crippen molar-refractivity contribution < 1.29 is 19.1 Å². The van der Waals surface area contributed by atoms with Gasteiger partial charge in [-0.05, 0) is 12.1 Å². The predicted octanol–water partition coefficient (Wildman–Crippen LogP) is 0.977. The van der Waals surface area contributed by atoms with Crippen LogP contribution in [0.3, 0.4) is 0 Å². The molecule has 2 rings (SSSR count). The van der Waals surface area contributed by atoms with Crippen LogP contribution in [0.1, 0.15) is 0 Å². The highest BCUT2D eigenvalue weighted by Crippen LogP contribution is 2.07. The zero-order chi connectivity index (χ0) is 13.4. The van der Waals surface area contributed by atoms with Crippen molar-refractivity contribution in [2.75, 3.05) is 0 Å². The summed E-state index contributed by atoms with van der Waals surface area (Å²) in [6.07, 6.45) is 3.53. The number of para-hydroxylation sites is 1. The summed E-state index contributed by atoms with van der Waals surface area (Å²) in [7, 11) is 0. The summed E-state index contributed by atoms with van der Waals surface area (Å²) in [5.74, 6) is -0.552. The molecule has 1 aromatic carbocycles.